The number of unbranched alkanes of at least 4 members (excludes halogenated alkanes) is 2. The van der Waals surface area contributed by atoms with E-state index >= 15 is 0 Å². The van der Waals surface area contributed by atoms with E-state index in [1.165, 1.54) is 18.2 Å². The molecule has 65 heavy (non-hydrogen) atoms. The lowest BCUT2D eigenvalue weighted by atomic mass is 9.55. The fourth-order valence-corrected chi connectivity index (χ4v) is 9.75. The molecule has 13 nitrogen and oxygen atoms in total. The number of amides is 1. The number of rotatable bonds is 22. The monoisotopic (exact) mass is 891 g/mol. The number of benzene rings is 4. The summed E-state index contributed by atoms with van der Waals surface area (Å²) in [6.07, 6.45) is 8.41. The first-order chi connectivity index (χ1) is 31.6. The van der Waals surface area contributed by atoms with Gasteiger partial charge in [0, 0.05) is 55.9 Å². The van der Waals surface area contributed by atoms with E-state index in [1.807, 2.05) is 36.4 Å². The molecule has 0 bridgehead atoms. The van der Waals surface area contributed by atoms with Crippen LogP contribution in [0.1, 0.15) is 73.1 Å². The maximum atomic E-state index is 14.8. The number of hydrogen-bond acceptors (Lipinski definition) is 11. The van der Waals surface area contributed by atoms with E-state index in [1.54, 1.807) is 61.5 Å². The fourth-order valence-electron chi connectivity index (χ4n) is 9.75. The Kier molecular flexibility index (Phi) is 15.7. The number of oxime groups is 1. The molecule has 1 aliphatic heterocycles. The Labute approximate surface area is 379 Å². The predicted octanol–water partition coefficient (Wildman–Crippen LogP) is 8.86. The summed E-state index contributed by atoms with van der Waals surface area (Å²) in [5.74, 6) is -1.20. The standard InChI is InChI=1S/C51H58FN3O10/c1-4-26-63-51-47(54(2)48(58)28-35-12-11-15-39(27-35)61-3)31-45(53-64-32-34-18-20-38(21-19-34)55(59)60)42-29-36(13-7-9-24-56)41(16-8-10-25-57)49(50(42)51)43-30-40(22-23-46(43)65-51)62-33-37-14-5-6-17-44(37)52/h4-6,11-12,14-15,17-23,27,29-30,36,41,47,49-50,56-57H,1,7-10,13,16,24-26,28,31-33H2,2-3H3/t36-,41+,47-,49+,50+,51+/m0/s1. The van der Waals surface area contributed by atoms with Gasteiger partial charge in [0.2, 0.25) is 11.7 Å². The molecule has 4 aromatic carbocycles. The van der Waals surface area contributed by atoms with E-state index in [2.05, 4.69) is 12.7 Å². The van der Waals surface area contributed by atoms with Crippen LogP contribution in [0.5, 0.6) is 17.2 Å². The third-order valence-corrected chi connectivity index (χ3v) is 12.9. The normalized spacial score (nSPS) is 22.4. The molecular formula is C51H58FN3O10. The quantitative estimate of drug-likeness (QED) is 0.0338. The van der Waals surface area contributed by atoms with Crippen LogP contribution in [0, 0.1) is 33.7 Å². The van der Waals surface area contributed by atoms with Crippen molar-refractivity contribution in [3.63, 3.8) is 0 Å². The summed E-state index contributed by atoms with van der Waals surface area (Å²) < 4.78 is 40.8. The molecule has 1 fully saturated rings. The molecule has 1 saturated carbocycles. The van der Waals surface area contributed by atoms with Gasteiger partial charge in [-0.1, -0.05) is 60.5 Å². The Morgan fingerprint density at radius 3 is 2.46 bits per heavy atom. The van der Waals surface area contributed by atoms with Gasteiger partial charge in [-0.3, -0.25) is 14.9 Å². The number of methoxy groups -OCH3 is 1. The summed E-state index contributed by atoms with van der Waals surface area (Å²) in [5.41, 5.74) is 4.14. The summed E-state index contributed by atoms with van der Waals surface area (Å²) in [6.45, 7) is 4.24. The molecule has 1 amide bonds. The highest BCUT2D eigenvalue weighted by molar-refractivity contribution is 6.03. The number of hydrogen-bond donors (Lipinski definition) is 2. The highest BCUT2D eigenvalue weighted by atomic mass is 19.1. The first-order valence-electron chi connectivity index (χ1n) is 22.3. The number of likely N-dealkylation sites (N-methyl/N-ethyl adjacent to an activating group) is 1. The number of allylic oxidation sites excluding steroid dienone is 1. The number of aliphatic hydroxyl groups is 2. The molecule has 0 saturated heterocycles. The van der Waals surface area contributed by atoms with E-state index in [-0.39, 0.29) is 81.0 Å². The second-order valence-electron chi connectivity index (χ2n) is 16.9. The molecule has 344 valence electrons. The van der Waals surface area contributed by atoms with Crippen molar-refractivity contribution in [1.82, 2.24) is 4.90 Å². The average Bonchev–Trinajstić information content (AvgIpc) is 3.31. The zero-order valence-corrected chi connectivity index (χ0v) is 37.0. The minimum atomic E-state index is -1.46. The van der Waals surface area contributed by atoms with Crippen LogP contribution < -0.4 is 14.2 Å². The molecule has 2 N–H and O–H groups in total. The van der Waals surface area contributed by atoms with Crippen LogP contribution in [0.4, 0.5) is 10.1 Å². The van der Waals surface area contributed by atoms with Crippen LogP contribution in [0.3, 0.4) is 0 Å². The van der Waals surface area contributed by atoms with E-state index in [4.69, 9.17) is 28.9 Å². The number of non-ortho nitro benzene ring substituents is 1. The molecule has 3 aliphatic rings. The van der Waals surface area contributed by atoms with E-state index < -0.39 is 22.7 Å². The van der Waals surface area contributed by atoms with Gasteiger partial charge in [0.1, 0.15) is 42.3 Å². The predicted molar refractivity (Wildman–Crippen MR) is 243 cm³/mol. The molecule has 14 heteroatoms. The van der Waals surface area contributed by atoms with Crippen LogP contribution in [0.15, 0.2) is 120 Å². The van der Waals surface area contributed by atoms with E-state index in [9.17, 15) is 29.5 Å². The van der Waals surface area contributed by atoms with Gasteiger partial charge in [0.05, 0.1) is 36.7 Å². The summed E-state index contributed by atoms with van der Waals surface area (Å²) in [7, 11) is 3.33. The van der Waals surface area contributed by atoms with Crippen molar-refractivity contribution in [3.8, 4) is 17.2 Å². The maximum Gasteiger partial charge on any atom is 0.269 e. The molecular weight excluding hydrogens is 834 g/mol. The third kappa shape index (κ3) is 10.6. The van der Waals surface area contributed by atoms with Crippen molar-refractivity contribution in [2.75, 3.05) is 34.0 Å². The molecule has 6 atom stereocenters. The van der Waals surface area contributed by atoms with Crippen molar-refractivity contribution in [3.05, 3.63) is 153 Å². The second kappa shape index (κ2) is 21.7. The second-order valence-corrected chi connectivity index (χ2v) is 16.9. The van der Waals surface area contributed by atoms with Crippen molar-refractivity contribution < 1.29 is 48.1 Å². The topological polar surface area (TPSA) is 162 Å². The Morgan fingerprint density at radius 2 is 1.74 bits per heavy atom. The summed E-state index contributed by atoms with van der Waals surface area (Å²) >= 11 is 0. The van der Waals surface area contributed by atoms with E-state index in [0.717, 1.165) is 42.4 Å². The minimum Gasteiger partial charge on any atom is -0.497 e. The van der Waals surface area contributed by atoms with Crippen molar-refractivity contribution in [2.24, 2.45) is 22.9 Å². The van der Waals surface area contributed by atoms with Crippen molar-refractivity contribution in [2.45, 2.75) is 82.3 Å². The lowest BCUT2D eigenvalue weighted by Crippen LogP contribution is -2.69. The first-order valence-corrected chi connectivity index (χ1v) is 22.3. The number of ether oxygens (including phenoxy) is 4. The largest absolute Gasteiger partial charge is 0.497 e. The zero-order chi connectivity index (χ0) is 45.9. The SMILES string of the molecule is C=CCO[C@@]12Oc3ccc(OCc4ccccc4F)cc3[C@H]3[C@H](CCCCO)[C@@H](CCCCO)C=C(C(=NOCc4ccc([N+](=O)[O-])cc4)C[C@@H]1N(C)C(=O)Cc1cccc(OC)c1)[C@H]32. The Balaban J connectivity index is 1.38. The maximum absolute atomic E-state index is 14.8. The summed E-state index contributed by atoms with van der Waals surface area (Å²) in [5, 5.41) is 36.1. The van der Waals surface area contributed by atoms with Crippen LogP contribution in [0.2, 0.25) is 0 Å². The number of nitro benzene ring substituents is 1. The minimum absolute atomic E-state index is 0.00678. The van der Waals surface area contributed by atoms with E-state index in [0.29, 0.717) is 46.9 Å². The van der Waals surface area contributed by atoms with Gasteiger partial charge in [0.25, 0.3) is 5.69 Å². The molecule has 0 unspecified atom stereocenters. The summed E-state index contributed by atoms with van der Waals surface area (Å²) in [4.78, 5) is 33.3. The van der Waals surface area contributed by atoms with Gasteiger partial charge in [-0.05, 0) is 103 Å². The molecule has 4 aromatic rings. The molecule has 7 rings (SSSR count). The molecule has 1 heterocycles. The third-order valence-electron chi connectivity index (χ3n) is 12.9. The van der Waals surface area contributed by atoms with Gasteiger partial charge >= 0.3 is 0 Å². The Hall–Kier alpha value is -6.09. The number of aliphatic hydroxyl groups excluding tert-OH is 2. The average molecular weight is 892 g/mol. The Bertz CT molecular complexity index is 2350. The number of carbonyl (C=O) groups excluding carboxylic acids is 1. The summed E-state index contributed by atoms with van der Waals surface area (Å²) in [6, 6.07) is 24.8. The van der Waals surface area contributed by atoms with Crippen LogP contribution in [-0.4, -0.2) is 77.5 Å². The van der Waals surface area contributed by atoms with Gasteiger partial charge in [0.15, 0.2) is 0 Å². The van der Waals surface area contributed by atoms with Crippen molar-refractivity contribution >= 4 is 17.3 Å². The lowest BCUT2D eigenvalue weighted by molar-refractivity contribution is -0.384. The van der Waals surface area contributed by atoms with Gasteiger partial charge < -0.3 is 38.9 Å². The number of nitrogens with zero attached hydrogens (tertiary/aromatic N) is 3. The van der Waals surface area contributed by atoms with Crippen LogP contribution in [-0.2, 0) is 34.0 Å². The number of fused-ring (bicyclic) bond motifs is 2. The van der Waals surface area contributed by atoms with Gasteiger partial charge in [-0.15, -0.1) is 6.58 Å². The zero-order valence-electron chi connectivity index (χ0n) is 37.0. The molecule has 2 aliphatic carbocycles. The van der Waals surface area contributed by atoms with Crippen molar-refractivity contribution in [1.29, 1.82) is 0 Å². The molecule has 0 spiro atoms. The first kappa shape index (κ1) is 46.9. The smallest absolute Gasteiger partial charge is 0.269 e. The van der Waals surface area contributed by atoms with Gasteiger partial charge in [-0.25, -0.2) is 4.39 Å². The number of nitro groups is 1. The van der Waals surface area contributed by atoms with Crippen LogP contribution >= 0.6 is 0 Å². The lowest BCUT2D eigenvalue weighted by Gasteiger charge is -2.59. The molecule has 0 radical (unpaired) electrons. The number of carbonyl (C=O) groups is 1. The fraction of sp³-hybridized carbons (Fsp3) is 0.412. The Morgan fingerprint density at radius 1 is 0.969 bits per heavy atom. The number of halogens is 1. The van der Waals surface area contributed by atoms with Gasteiger partial charge in [-0.2, -0.15) is 0 Å². The molecule has 0 aromatic heterocycles. The van der Waals surface area contributed by atoms with Crippen LogP contribution in [0.25, 0.3) is 0 Å². The highest BCUT2D eigenvalue weighted by Crippen LogP contribution is 2.62. The highest BCUT2D eigenvalue weighted by Gasteiger charge is 2.65.